The van der Waals surface area contributed by atoms with E-state index in [1.54, 1.807) is 14.2 Å². The topological polar surface area (TPSA) is 30.5 Å². The van der Waals surface area contributed by atoms with Crippen LogP contribution in [-0.2, 0) is 6.42 Å². The molecule has 0 aliphatic carbocycles. The Bertz CT molecular complexity index is 356. The van der Waals surface area contributed by atoms with Crippen LogP contribution in [0.2, 0.25) is 0 Å². The normalized spacial score (nSPS) is 10.4. The summed E-state index contributed by atoms with van der Waals surface area (Å²) in [4.78, 5) is 0. The number of hydrogen-bond acceptors (Lipinski definition) is 4. The van der Waals surface area contributed by atoms with Crippen molar-refractivity contribution in [1.82, 2.24) is 5.32 Å². The van der Waals surface area contributed by atoms with Crippen LogP contribution >= 0.6 is 12.6 Å². The molecule has 96 valence electrons. The number of ether oxygens (including phenoxy) is 2. The average molecular weight is 255 g/mol. The molecule has 17 heavy (non-hydrogen) atoms. The van der Waals surface area contributed by atoms with Crippen LogP contribution in [0.1, 0.15) is 11.1 Å². The number of nitrogens with one attached hydrogen (secondary N) is 1. The first-order chi connectivity index (χ1) is 8.22. The Morgan fingerprint density at radius 3 is 2.41 bits per heavy atom. The van der Waals surface area contributed by atoms with E-state index in [2.05, 4.69) is 24.0 Å². The summed E-state index contributed by atoms with van der Waals surface area (Å²) < 4.78 is 10.7. The molecule has 1 N–H and O–H groups in total. The second-order valence-electron chi connectivity index (χ2n) is 3.86. The minimum Gasteiger partial charge on any atom is -0.496 e. The highest BCUT2D eigenvalue weighted by Gasteiger charge is 2.08. The van der Waals surface area contributed by atoms with Gasteiger partial charge in [-0.25, -0.2) is 0 Å². The highest BCUT2D eigenvalue weighted by molar-refractivity contribution is 7.80. The van der Waals surface area contributed by atoms with Gasteiger partial charge in [0.2, 0.25) is 0 Å². The van der Waals surface area contributed by atoms with Gasteiger partial charge in [-0.05, 0) is 43.1 Å². The van der Waals surface area contributed by atoms with Crippen LogP contribution < -0.4 is 14.8 Å². The van der Waals surface area contributed by atoms with E-state index >= 15 is 0 Å². The Balaban J connectivity index is 2.74. The Labute approximate surface area is 109 Å². The molecule has 4 heteroatoms. The molecule has 0 fully saturated rings. The smallest absolute Gasteiger partial charge is 0.122 e. The Kier molecular flexibility index (Phi) is 6.22. The van der Waals surface area contributed by atoms with Gasteiger partial charge in [0.05, 0.1) is 14.2 Å². The first kappa shape index (κ1) is 14.2. The SMILES string of the molecule is COc1cc(CCNCCS)c(OC)cc1C. The van der Waals surface area contributed by atoms with Gasteiger partial charge in [-0.15, -0.1) is 0 Å². The Morgan fingerprint density at radius 1 is 1.12 bits per heavy atom. The van der Waals surface area contributed by atoms with E-state index in [-0.39, 0.29) is 0 Å². The molecule has 0 aliphatic heterocycles. The van der Waals surface area contributed by atoms with Gasteiger partial charge in [0.15, 0.2) is 0 Å². The lowest BCUT2D eigenvalue weighted by atomic mass is 10.1. The summed E-state index contributed by atoms with van der Waals surface area (Å²) in [5.41, 5.74) is 2.26. The number of thiol groups is 1. The molecule has 0 heterocycles. The molecule has 1 aromatic rings. The van der Waals surface area contributed by atoms with Crippen molar-refractivity contribution in [3.63, 3.8) is 0 Å². The molecular weight excluding hydrogens is 234 g/mol. The van der Waals surface area contributed by atoms with Crippen LogP contribution in [0, 0.1) is 6.92 Å². The predicted molar refractivity (Wildman–Crippen MR) is 74.7 cm³/mol. The average Bonchev–Trinajstić information content (AvgIpc) is 2.35. The van der Waals surface area contributed by atoms with Crippen LogP contribution in [0.5, 0.6) is 11.5 Å². The highest BCUT2D eigenvalue weighted by atomic mass is 32.1. The minimum atomic E-state index is 0.856. The van der Waals surface area contributed by atoms with Crippen LogP contribution in [0.25, 0.3) is 0 Å². The summed E-state index contributed by atoms with van der Waals surface area (Å²) in [6.45, 7) is 3.86. The Morgan fingerprint density at radius 2 is 1.82 bits per heavy atom. The monoisotopic (exact) mass is 255 g/mol. The van der Waals surface area contributed by atoms with Crippen LogP contribution in [0.15, 0.2) is 12.1 Å². The molecule has 0 saturated heterocycles. The van der Waals surface area contributed by atoms with Crippen molar-refractivity contribution < 1.29 is 9.47 Å². The molecule has 0 radical (unpaired) electrons. The number of rotatable bonds is 7. The summed E-state index contributed by atoms with van der Waals surface area (Å²) in [5, 5.41) is 3.31. The standard InChI is InChI=1S/C13H21NO2S/c1-10-8-13(16-3)11(9-12(10)15-2)4-5-14-6-7-17/h8-9,14,17H,4-7H2,1-3H3. The molecule has 0 unspecified atom stereocenters. The van der Waals surface area contributed by atoms with Crippen molar-refractivity contribution in [2.75, 3.05) is 33.1 Å². The number of benzene rings is 1. The van der Waals surface area contributed by atoms with E-state index in [9.17, 15) is 0 Å². The van der Waals surface area contributed by atoms with Crippen LogP contribution in [0.3, 0.4) is 0 Å². The number of aryl methyl sites for hydroxylation is 1. The fourth-order valence-corrected chi connectivity index (χ4v) is 1.89. The fraction of sp³-hybridized carbons (Fsp3) is 0.538. The molecule has 3 nitrogen and oxygen atoms in total. The van der Waals surface area contributed by atoms with Gasteiger partial charge in [0, 0.05) is 12.3 Å². The van der Waals surface area contributed by atoms with Gasteiger partial charge < -0.3 is 14.8 Å². The third-order valence-corrected chi connectivity index (χ3v) is 2.88. The second kappa shape index (κ2) is 7.45. The summed E-state index contributed by atoms with van der Waals surface area (Å²) in [5.74, 6) is 2.69. The molecule has 1 rings (SSSR count). The first-order valence-electron chi connectivity index (χ1n) is 5.76. The van der Waals surface area contributed by atoms with Crippen molar-refractivity contribution in [1.29, 1.82) is 0 Å². The third-order valence-electron chi connectivity index (χ3n) is 2.66. The zero-order valence-electron chi connectivity index (χ0n) is 10.7. The minimum absolute atomic E-state index is 0.856. The summed E-state index contributed by atoms with van der Waals surface area (Å²) in [6, 6.07) is 4.07. The molecule has 0 saturated carbocycles. The van der Waals surface area contributed by atoms with Crippen molar-refractivity contribution in [3.8, 4) is 11.5 Å². The van der Waals surface area contributed by atoms with E-state index in [0.717, 1.165) is 42.3 Å². The van der Waals surface area contributed by atoms with Gasteiger partial charge in [0.1, 0.15) is 11.5 Å². The summed E-state index contributed by atoms with van der Waals surface area (Å²) in [7, 11) is 3.39. The van der Waals surface area contributed by atoms with Crippen molar-refractivity contribution in [3.05, 3.63) is 23.3 Å². The molecule has 0 atom stereocenters. The van der Waals surface area contributed by atoms with Gasteiger partial charge >= 0.3 is 0 Å². The number of hydrogen-bond donors (Lipinski definition) is 2. The maximum atomic E-state index is 5.38. The van der Waals surface area contributed by atoms with E-state index in [1.807, 2.05) is 13.0 Å². The highest BCUT2D eigenvalue weighted by Crippen LogP contribution is 2.28. The van der Waals surface area contributed by atoms with Crippen molar-refractivity contribution in [2.45, 2.75) is 13.3 Å². The quantitative estimate of drug-likeness (QED) is 0.577. The first-order valence-corrected chi connectivity index (χ1v) is 6.39. The zero-order valence-corrected chi connectivity index (χ0v) is 11.6. The summed E-state index contributed by atoms with van der Waals surface area (Å²) >= 11 is 4.16. The zero-order chi connectivity index (χ0) is 12.7. The lowest BCUT2D eigenvalue weighted by Gasteiger charge is -2.13. The number of methoxy groups -OCH3 is 2. The molecule has 0 aliphatic rings. The largest absolute Gasteiger partial charge is 0.496 e. The van der Waals surface area contributed by atoms with Gasteiger partial charge in [0.25, 0.3) is 0 Å². The molecule has 0 spiro atoms. The van der Waals surface area contributed by atoms with Crippen LogP contribution in [0.4, 0.5) is 0 Å². The van der Waals surface area contributed by atoms with Gasteiger partial charge in [-0.3, -0.25) is 0 Å². The lowest BCUT2D eigenvalue weighted by Crippen LogP contribution is -2.19. The molecule has 0 aromatic heterocycles. The van der Waals surface area contributed by atoms with Gasteiger partial charge in [-0.2, -0.15) is 12.6 Å². The second-order valence-corrected chi connectivity index (χ2v) is 4.30. The van der Waals surface area contributed by atoms with E-state index in [1.165, 1.54) is 5.56 Å². The van der Waals surface area contributed by atoms with E-state index in [0.29, 0.717) is 0 Å². The molecule has 0 amide bonds. The van der Waals surface area contributed by atoms with Crippen molar-refractivity contribution >= 4 is 12.6 Å². The lowest BCUT2D eigenvalue weighted by molar-refractivity contribution is 0.396. The molecular formula is C13H21NO2S. The van der Waals surface area contributed by atoms with E-state index < -0.39 is 0 Å². The molecule has 0 bridgehead atoms. The summed E-state index contributed by atoms with van der Waals surface area (Å²) in [6.07, 6.45) is 0.924. The maximum Gasteiger partial charge on any atom is 0.122 e. The van der Waals surface area contributed by atoms with E-state index in [4.69, 9.17) is 9.47 Å². The van der Waals surface area contributed by atoms with Gasteiger partial charge in [-0.1, -0.05) is 0 Å². The third kappa shape index (κ3) is 4.13. The fourth-order valence-electron chi connectivity index (χ4n) is 1.74. The van der Waals surface area contributed by atoms with Crippen LogP contribution in [-0.4, -0.2) is 33.1 Å². The Hall–Kier alpha value is -0.870. The molecule has 1 aromatic carbocycles. The maximum absolute atomic E-state index is 5.38. The predicted octanol–water partition coefficient (Wildman–Crippen LogP) is 2.07. The van der Waals surface area contributed by atoms with Crippen molar-refractivity contribution in [2.24, 2.45) is 0 Å².